The van der Waals surface area contributed by atoms with Gasteiger partial charge in [-0.2, -0.15) is 0 Å². The van der Waals surface area contributed by atoms with Gasteiger partial charge in [-0.3, -0.25) is 4.79 Å². The number of nitrogens with zero attached hydrogens (tertiary/aromatic N) is 1. The Labute approximate surface area is 81.2 Å². The summed E-state index contributed by atoms with van der Waals surface area (Å²) in [5.74, 6) is 0.237. The smallest absolute Gasteiger partial charge is 0.182 e. The fourth-order valence-corrected chi connectivity index (χ4v) is 1.57. The van der Waals surface area contributed by atoms with E-state index in [0.29, 0.717) is 12.1 Å². The van der Waals surface area contributed by atoms with Crippen LogP contribution in [0.25, 0.3) is 0 Å². The fraction of sp³-hybridized carbons (Fsp3) is 0.200. The average molecular weight is 194 g/mol. The molecule has 1 aliphatic heterocycles. The molecule has 0 bridgehead atoms. The monoisotopic (exact) mass is 193 g/mol. The number of fused-ring (bicyclic) bond motifs is 1. The average Bonchev–Trinajstić information content (AvgIpc) is 2.17. The number of Topliss-reactive ketones (excluding diaryl/α,β-unsaturated/α-hetero) is 1. The molecule has 0 aliphatic carbocycles. The number of alkyl halides is 1. The van der Waals surface area contributed by atoms with Gasteiger partial charge in [-0.15, -0.1) is 11.6 Å². The summed E-state index contributed by atoms with van der Waals surface area (Å²) in [6, 6.07) is 7.63. The fourth-order valence-electron chi connectivity index (χ4n) is 1.36. The van der Waals surface area contributed by atoms with Gasteiger partial charge in [-0.1, -0.05) is 18.2 Å². The second-order valence-corrected chi connectivity index (χ2v) is 3.19. The maximum absolute atomic E-state index is 11.4. The van der Waals surface area contributed by atoms with Gasteiger partial charge in [-0.25, -0.2) is 4.99 Å². The van der Waals surface area contributed by atoms with Crippen molar-refractivity contribution >= 4 is 28.8 Å². The van der Waals surface area contributed by atoms with E-state index in [0.717, 1.165) is 11.3 Å². The Morgan fingerprint density at radius 1 is 1.38 bits per heavy atom. The van der Waals surface area contributed by atoms with Gasteiger partial charge in [-0.05, 0) is 11.6 Å². The number of benzene rings is 1. The molecule has 3 heteroatoms. The van der Waals surface area contributed by atoms with Crippen molar-refractivity contribution < 1.29 is 4.79 Å². The van der Waals surface area contributed by atoms with E-state index in [1.165, 1.54) is 0 Å². The van der Waals surface area contributed by atoms with Crippen LogP contribution >= 0.6 is 11.6 Å². The molecule has 0 unspecified atom stereocenters. The number of ketones is 1. The standard InChI is InChI=1S/C10H8ClNO/c11-6-9-10(13)5-7-3-1-2-4-8(7)12-9/h1-4H,5-6H2. The first-order chi connectivity index (χ1) is 6.31. The molecule has 0 radical (unpaired) electrons. The summed E-state index contributed by atoms with van der Waals surface area (Å²) in [5.41, 5.74) is 2.33. The summed E-state index contributed by atoms with van der Waals surface area (Å²) < 4.78 is 0. The minimum Gasteiger partial charge on any atom is -0.292 e. The van der Waals surface area contributed by atoms with E-state index in [2.05, 4.69) is 4.99 Å². The van der Waals surface area contributed by atoms with Crippen molar-refractivity contribution in [3.63, 3.8) is 0 Å². The molecule has 0 N–H and O–H groups in total. The molecule has 1 aliphatic rings. The Balaban J connectivity index is 2.50. The number of carbonyl (C=O) groups excluding carboxylic acids is 1. The number of rotatable bonds is 1. The van der Waals surface area contributed by atoms with Crippen molar-refractivity contribution in [3.8, 4) is 0 Å². The second-order valence-electron chi connectivity index (χ2n) is 2.92. The van der Waals surface area contributed by atoms with Crippen LogP contribution in [0.4, 0.5) is 5.69 Å². The van der Waals surface area contributed by atoms with Gasteiger partial charge < -0.3 is 0 Å². The minimum atomic E-state index is 0.0358. The van der Waals surface area contributed by atoms with Crippen molar-refractivity contribution in [1.29, 1.82) is 0 Å². The quantitative estimate of drug-likeness (QED) is 0.629. The van der Waals surface area contributed by atoms with Crippen molar-refractivity contribution in [2.75, 3.05) is 5.88 Å². The van der Waals surface area contributed by atoms with Crippen LogP contribution in [0.3, 0.4) is 0 Å². The molecule has 0 atom stereocenters. The van der Waals surface area contributed by atoms with Crippen LogP contribution in [0, 0.1) is 0 Å². The van der Waals surface area contributed by atoms with Crippen LogP contribution in [0.1, 0.15) is 5.56 Å². The highest BCUT2D eigenvalue weighted by molar-refractivity contribution is 6.50. The van der Waals surface area contributed by atoms with Gasteiger partial charge >= 0.3 is 0 Å². The van der Waals surface area contributed by atoms with E-state index in [-0.39, 0.29) is 11.7 Å². The number of carbonyl (C=O) groups is 1. The summed E-state index contributed by atoms with van der Waals surface area (Å²) >= 11 is 5.59. The molecule has 0 saturated carbocycles. The highest BCUT2D eigenvalue weighted by Crippen LogP contribution is 2.23. The first-order valence-electron chi connectivity index (χ1n) is 4.06. The molecular formula is C10H8ClNO. The van der Waals surface area contributed by atoms with E-state index in [9.17, 15) is 4.79 Å². The molecule has 66 valence electrons. The zero-order valence-electron chi connectivity index (χ0n) is 6.96. The Kier molecular flexibility index (Phi) is 2.15. The number of para-hydroxylation sites is 1. The zero-order valence-corrected chi connectivity index (χ0v) is 7.71. The predicted octanol–water partition coefficient (Wildman–Crippen LogP) is 2.12. The lowest BCUT2D eigenvalue weighted by molar-refractivity contribution is -0.112. The maximum atomic E-state index is 11.4. The van der Waals surface area contributed by atoms with Gasteiger partial charge in [0.15, 0.2) is 5.78 Å². The van der Waals surface area contributed by atoms with E-state index >= 15 is 0 Å². The van der Waals surface area contributed by atoms with Crippen molar-refractivity contribution in [3.05, 3.63) is 29.8 Å². The largest absolute Gasteiger partial charge is 0.292 e. The molecule has 0 aromatic heterocycles. The summed E-state index contributed by atoms with van der Waals surface area (Å²) in [4.78, 5) is 15.6. The second kappa shape index (κ2) is 3.30. The topological polar surface area (TPSA) is 29.4 Å². The van der Waals surface area contributed by atoms with E-state index in [4.69, 9.17) is 11.6 Å². The highest BCUT2D eigenvalue weighted by atomic mass is 35.5. The molecule has 0 fully saturated rings. The third-order valence-corrected chi connectivity index (χ3v) is 2.30. The van der Waals surface area contributed by atoms with Gasteiger partial charge in [0.1, 0.15) is 0 Å². The van der Waals surface area contributed by atoms with E-state index in [1.807, 2.05) is 24.3 Å². The lowest BCUT2D eigenvalue weighted by atomic mass is 10.0. The summed E-state index contributed by atoms with van der Waals surface area (Å²) in [6.07, 6.45) is 0.432. The number of halogens is 1. The normalized spacial score (nSPS) is 15.2. The Morgan fingerprint density at radius 2 is 2.15 bits per heavy atom. The molecule has 1 aromatic rings. The minimum absolute atomic E-state index is 0.0358. The first kappa shape index (κ1) is 8.45. The van der Waals surface area contributed by atoms with E-state index in [1.54, 1.807) is 0 Å². The van der Waals surface area contributed by atoms with Gasteiger partial charge in [0.2, 0.25) is 0 Å². The molecule has 2 rings (SSSR count). The maximum Gasteiger partial charge on any atom is 0.182 e. The molecule has 2 nitrogen and oxygen atoms in total. The molecule has 1 heterocycles. The third kappa shape index (κ3) is 1.49. The van der Waals surface area contributed by atoms with Crippen LogP contribution in [0.15, 0.2) is 29.3 Å². The van der Waals surface area contributed by atoms with Crippen LogP contribution < -0.4 is 0 Å². The summed E-state index contributed by atoms with van der Waals surface area (Å²) in [5, 5.41) is 0. The van der Waals surface area contributed by atoms with Crippen molar-refractivity contribution in [2.24, 2.45) is 4.99 Å². The van der Waals surface area contributed by atoms with Crippen LogP contribution in [0.2, 0.25) is 0 Å². The lowest BCUT2D eigenvalue weighted by Gasteiger charge is -2.11. The van der Waals surface area contributed by atoms with Crippen LogP contribution in [0.5, 0.6) is 0 Å². The Hall–Kier alpha value is -1.15. The highest BCUT2D eigenvalue weighted by Gasteiger charge is 2.18. The summed E-state index contributed by atoms with van der Waals surface area (Å²) in [7, 11) is 0. The van der Waals surface area contributed by atoms with Crippen LogP contribution in [-0.4, -0.2) is 17.4 Å². The SMILES string of the molecule is O=C1Cc2ccccc2N=C1CCl. The first-order valence-corrected chi connectivity index (χ1v) is 4.59. The number of aliphatic imine (C=N–C) groups is 1. The molecule has 13 heavy (non-hydrogen) atoms. The van der Waals surface area contributed by atoms with Gasteiger partial charge in [0.25, 0.3) is 0 Å². The van der Waals surface area contributed by atoms with Gasteiger partial charge in [0, 0.05) is 6.42 Å². The molecule has 0 spiro atoms. The van der Waals surface area contributed by atoms with Crippen LogP contribution in [-0.2, 0) is 11.2 Å². The summed E-state index contributed by atoms with van der Waals surface area (Å²) in [6.45, 7) is 0. The Morgan fingerprint density at radius 3 is 2.92 bits per heavy atom. The molecule has 0 saturated heterocycles. The van der Waals surface area contributed by atoms with Crippen molar-refractivity contribution in [2.45, 2.75) is 6.42 Å². The number of hydrogen-bond acceptors (Lipinski definition) is 2. The molecule has 1 aromatic carbocycles. The lowest BCUT2D eigenvalue weighted by Crippen LogP contribution is -2.21. The van der Waals surface area contributed by atoms with Crippen molar-refractivity contribution in [1.82, 2.24) is 0 Å². The van der Waals surface area contributed by atoms with E-state index < -0.39 is 0 Å². The predicted molar refractivity (Wildman–Crippen MR) is 53.0 cm³/mol. The molecule has 0 amide bonds. The van der Waals surface area contributed by atoms with Gasteiger partial charge in [0.05, 0.1) is 17.3 Å². The third-order valence-electron chi connectivity index (χ3n) is 2.05. The Bertz CT molecular complexity index is 384. The zero-order chi connectivity index (χ0) is 9.26. The molecular weight excluding hydrogens is 186 g/mol. The number of hydrogen-bond donors (Lipinski definition) is 0.